The van der Waals surface area contributed by atoms with E-state index in [1.165, 1.54) is 0 Å². The zero-order chi connectivity index (χ0) is 14.7. The maximum absolute atomic E-state index is 11.3. The summed E-state index contributed by atoms with van der Waals surface area (Å²) in [5, 5.41) is 6.01. The molecule has 1 aliphatic rings. The first-order valence-corrected chi connectivity index (χ1v) is 7.06. The third-order valence-corrected chi connectivity index (χ3v) is 3.28. The van der Waals surface area contributed by atoms with Crippen LogP contribution in [0.5, 0.6) is 11.6 Å². The first-order chi connectivity index (χ1) is 10.2. The lowest BCUT2D eigenvalue weighted by Crippen LogP contribution is -2.18. The fourth-order valence-electron chi connectivity index (χ4n) is 2.30. The minimum Gasteiger partial charge on any atom is -0.439 e. The highest BCUT2D eigenvalue weighted by Crippen LogP contribution is 2.29. The minimum absolute atomic E-state index is 0.0659. The number of aryl methyl sites for hydroxylation is 1. The Morgan fingerprint density at radius 2 is 2.19 bits per heavy atom. The molecule has 21 heavy (non-hydrogen) atoms. The molecule has 1 aromatic heterocycles. The number of carbonyl (C=O) groups excluding carboxylic acids is 1. The first-order valence-electron chi connectivity index (χ1n) is 7.06. The Labute approximate surface area is 123 Å². The van der Waals surface area contributed by atoms with Crippen molar-refractivity contribution in [1.82, 2.24) is 4.98 Å². The number of aromatic nitrogens is 1. The van der Waals surface area contributed by atoms with E-state index >= 15 is 0 Å². The van der Waals surface area contributed by atoms with Crippen LogP contribution in [0, 0.1) is 0 Å². The van der Waals surface area contributed by atoms with E-state index in [0.29, 0.717) is 12.3 Å². The van der Waals surface area contributed by atoms with Gasteiger partial charge in [-0.1, -0.05) is 6.07 Å². The number of benzene rings is 1. The molecule has 0 atom stereocenters. The maximum atomic E-state index is 11.3. The quantitative estimate of drug-likeness (QED) is 0.904. The van der Waals surface area contributed by atoms with Crippen molar-refractivity contribution in [3.05, 3.63) is 42.0 Å². The SMILES string of the molecule is CCNc1cccc(Oc2ccc3c(c2)CCC(=O)N3)n1. The molecule has 0 spiro atoms. The third-order valence-electron chi connectivity index (χ3n) is 3.28. The molecule has 2 aromatic rings. The van der Waals surface area contributed by atoms with Gasteiger partial charge in [0, 0.05) is 24.7 Å². The summed E-state index contributed by atoms with van der Waals surface area (Å²) in [5.74, 6) is 2.13. The summed E-state index contributed by atoms with van der Waals surface area (Å²) in [6.45, 7) is 2.84. The predicted octanol–water partition coefficient (Wildman–Crippen LogP) is 3.19. The van der Waals surface area contributed by atoms with Gasteiger partial charge in [-0.15, -0.1) is 0 Å². The Morgan fingerprint density at radius 1 is 1.29 bits per heavy atom. The number of hydrogen-bond donors (Lipinski definition) is 2. The summed E-state index contributed by atoms with van der Waals surface area (Å²) in [6.07, 6.45) is 1.26. The number of nitrogens with one attached hydrogen (secondary N) is 2. The maximum Gasteiger partial charge on any atom is 0.224 e. The summed E-state index contributed by atoms with van der Waals surface area (Å²) in [5.41, 5.74) is 1.96. The van der Waals surface area contributed by atoms with Crippen LogP contribution in [-0.4, -0.2) is 17.4 Å². The van der Waals surface area contributed by atoms with Crippen LogP contribution >= 0.6 is 0 Å². The van der Waals surface area contributed by atoms with Crippen molar-refractivity contribution >= 4 is 17.4 Å². The molecule has 0 bridgehead atoms. The van der Waals surface area contributed by atoms with Gasteiger partial charge in [-0.2, -0.15) is 4.98 Å². The lowest BCUT2D eigenvalue weighted by atomic mass is 10.0. The van der Waals surface area contributed by atoms with Gasteiger partial charge < -0.3 is 15.4 Å². The lowest BCUT2D eigenvalue weighted by molar-refractivity contribution is -0.116. The van der Waals surface area contributed by atoms with E-state index in [4.69, 9.17) is 4.74 Å². The van der Waals surface area contributed by atoms with E-state index in [-0.39, 0.29) is 5.91 Å². The summed E-state index contributed by atoms with van der Waals surface area (Å²) >= 11 is 0. The summed E-state index contributed by atoms with van der Waals surface area (Å²) < 4.78 is 5.79. The van der Waals surface area contributed by atoms with Gasteiger partial charge in [-0.05, 0) is 43.2 Å². The molecule has 0 radical (unpaired) electrons. The zero-order valence-electron chi connectivity index (χ0n) is 11.8. The Morgan fingerprint density at radius 3 is 3.05 bits per heavy atom. The van der Waals surface area contributed by atoms with Crippen LogP contribution < -0.4 is 15.4 Å². The van der Waals surface area contributed by atoms with Crippen LogP contribution in [0.2, 0.25) is 0 Å². The second-order valence-corrected chi connectivity index (χ2v) is 4.86. The van der Waals surface area contributed by atoms with Gasteiger partial charge in [0.05, 0.1) is 0 Å². The van der Waals surface area contributed by atoms with Crippen molar-refractivity contribution < 1.29 is 9.53 Å². The van der Waals surface area contributed by atoms with Crippen molar-refractivity contribution in [2.45, 2.75) is 19.8 Å². The van der Waals surface area contributed by atoms with Gasteiger partial charge in [0.2, 0.25) is 11.8 Å². The number of nitrogens with zero attached hydrogens (tertiary/aromatic N) is 1. The number of amides is 1. The smallest absolute Gasteiger partial charge is 0.224 e. The van der Waals surface area contributed by atoms with Crippen molar-refractivity contribution in [1.29, 1.82) is 0 Å². The molecule has 0 saturated heterocycles. The highest BCUT2D eigenvalue weighted by molar-refractivity contribution is 5.94. The van der Waals surface area contributed by atoms with E-state index in [0.717, 1.165) is 35.8 Å². The largest absolute Gasteiger partial charge is 0.439 e. The molecule has 0 saturated carbocycles. The second-order valence-electron chi connectivity index (χ2n) is 4.86. The zero-order valence-corrected chi connectivity index (χ0v) is 11.8. The molecule has 5 heteroatoms. The monoisotopic (exact) mass is 283 g/mol. The van der Waals surface area contributed by atoms with Gasteiger partial charge in [0.15, 0.2) is 0 Å². The minimum atomic E-state index is 0.0659. The van der Waals surface area contributed by atoms with E-state index in [2.05, 4.69) is 15.6 Å². The van der Waals surface area contributed by atoms with Crippen molar-refractivity contribution in [2.75, 3.05) is 17.2 Å². The fraction of sp³-hybridized carbons (Fsp3) is 0.250. The highest BCUT2D eigenvalue weighted by Gasteiger charge is 2.15. The van der Waals surface area contributed by atoms with Crippen molar-refractivity contribution in [3.63, 3.8) is 0 Å². The number of anilines is 2. The van der Waals surface area contributed by atoms with Crippen LogP contribution in [-0.2, 0) is 11.2 Å². The number of fused-ring (bicyclic) bond motifs is 1. The van der Waals surface area contributed by atoms with Crippen LogP contribution in [0.3, 0.4) is 0 Å². The number of hydrogen-bond acceptors (Lipinski definition) is 4. The topological polar surface area (TPSA) is 63.2 Å². The average molecular weight is 283 g/mol. The summed E-state index contributed by atoms with van der Waals surface area (Å²) in [6, 6.07) is 11.3. The first kappa shape index (κ1) is 13.4. The standard InChI is InChI=1S/C16H17N3O2/c1-2-17-14-4-3-5-16(19-14)21-12-7-8-13-11(10-12)6-9-15(20)18-13/h3-5,7-8,10H,2,6,9H2,1H3,(H,17,19)(H,18,20). The second kappa shape index (κ2) is 5.83. The van der Waals surface area contributed by atoms with Crippen LogP contribution in [0.25, 0.3) is 0 Å². The molecule has 1 aliphatic heterocycles. The number of pyridine rings is 1. The normalized spacial score (nSPS) is 13.3. The number of ether oxygens (including phenoxy) is 1. The molecular formula is C16H17N3O2. The molecule has 0 fully saturated rings. The van der Waals surface area contributed by atoms with E-state index in [1.807, 2.05) is 43.3 Å². The van der Waals surface area contributed by atoms with E-state index in [1.54, 1.807) is 0 Å². The Kier molecular flexibility index (Phi) is 3.73. The van der Waals surface area contributed by atoms with Crippen LogP contribution in [0.15, 0.2) is 36.4 Å². The number of carbonyl (C=O) groups is 1. The summed E-state index contributed by atoms with van der Waals surface area (Å²) in [7, 11) is 0. The molecule has 0 unspecified atom stereocenters. The molecule has 3 rings (SSSR count). The molecular weight excluding hydrogens is 266 g/mol. The highest BCUT2D eigenvalue weighted by atomic mass is 16.5. The molecule has 108 valence electrons. The third kappa shape index (κ3) is 3.13. The lowest BCUT2D eigenvalue weighted by Gasteiger charge is -2.17. The Bertz CT molecular complexity index is 670. The molecule has 2 heterocycles. The molecule has 0 aliphatic carbocycles. The Hall–Kier alpha value is -2.56. The van der Waals surface area contributed by atoms with Gasteiger partial charge in [-0.3, -0.25) is 4.79 Å². The van der Waals surface area contributed by atoms with Crippen LogP contribution in [0.4, 0.5) is 11.5 Å². The van der Waals surface area contributed by atoms with Crippen molar-refractivity contribution in [3.8, 4) is 11.6 Å². The summed E-state index contributed by atoms with van der Waals surface area (Å²) in [4.78, 5) is 15.7. The molecule has 1 aromatic carbocycles. The fourth-order valence-corrected chi connectivity index (χ4v) is 2.30. The van der Waals surface area contributed by atoms with E-state index < -0.39 is 0 Å². The number of rotatable bonds is 4. The van der Waals surface area contributed by atoms with Gasteiger partial charge in [0.1, 0.15) is 11.6 Å². The van der Waals surface area contributed by atoms with E-state index in [9.17, 15) is 4.79 Å². The van der Waals surface area contributed by atoms with Crippen molar-refractivity contribution in [2.24, 2.45) is 0 Å². The predicted molar refractivity (Wildman–Crippen MR) is 81.9 cm³/mol. The van der Waals surface area contributed by atoms with Gasteiger partial charge in [0.25, 0.3) is 0 Å². The molecule has 2 N–H and O–H groups in total. The van der Waals surface area contributed by atoms with Gasteiger partial charge in [-0.25, -0.2) is 0 Å². The van der Waals surface area contributed by atoms with Gasteiger partial charge >= 0.3 is 0 Å². The molecule has 5 nitrogen and oxygen atoms in total. The van der Waals surface area contributed by atoms with Crippen LogP contribution in [0.1, 0.15) is 18.9 Å². The Balaban J connectivity index is 1.79. The molecule has 1 amide bonds. The average Bonchev–Trinajstić information content (AvgIpc) is 2.48.